The largest absolute Gasteiger partial charge is 0.383 e. The first kappa shape index (κ1) is 9.66. The highest BCUT2D eigenvalue weighted by Gasteiger charge is 2.13. The minimum absolute atomic E-state index is 0.613. The summed E-state index contributed by atoms with van der Waals surface area (Å²) in [6.07, 6.45) is 4.44. The Labute approximate surface area is 94.4 Å². The summed E-state index contributed by atoms with van der Waals surface area (Å²) in [6, 6.07) is 6.81. The van der Waals surface area contributed by atoms with Gasteiger partial charge >= 0.3 is 0 Å². The minimum atomic E-state index is 0.613. The second kappa shape index (κ2) is 4.14. The predicted octanol–water partition coefficient (Wildman–Crippen LogP) is 1.73. The van der Waals surface area contributed by atoms with Crippen molar-refractivity contribution in [3.63, 3.8) is 0 Å². The molecule has 0 saturated carbocycles. The molecule has 1 aromatic heterocycles. The average molecular weight is 216 g/mol. The molecule has 0 spiro atoms. The molecule has 1 saturated heterocycles. The van der Waals surface area contributed by atoms with E-state index in [1.165, 1.54) is 23.9 Å². The zero-order valence-corrected chi connectivity index (χ0v) is 9.16. The highest BCUT2D eigenvalue weighted by Crippen LogP contribution is 2.21. The van der Waals surface area contributed by atoms with Crippen LogP contribution in [-0.2, 0) is 0 Å². The lowest BCUT2D eigenvalue weighted by atomic mass is 10.2. The van der Waals surface area contributed by atoms with E-state index >= 15 is 0 Å². The molecule has 84 valence electrons. The first-order valence-electron chi connectivity index (χ1n) is 5.83. The zero-order chi connectivity index (χ0) is 10.8. The number of anilines is 1. The second-order valence-corrected chi connectivity index (χ2v) is 4.31. The minimum Gasteiger partial charge on any atom is -0.383 e. The molecule has 3 rings (SSSR count). The van der Waals surface area contributed by atoms with Crippen LogP contribution in [0.25, 0.3) is 10.9 Å². The lowest BCUT2D eigenvalue weighted by Crippen LogP contribution is -2.29. The Morgan fingerprint density at radius 1 is 1.44 bits per heavy atom. The van der Waals surface area contributed by atoms with Crippen molar-refractivity contribution in [3.8, 4) is 0 Å². The first-order chi connectivity index (χ1) is 7.93. The number of nitrogens with zero attached hydrogens (tertiary/aromatic N) is 1. The molecule has 1 fully saturated rings. The van der Waals surface area contributed by atoms with Crippen molar-refractivity contribution in [2.24, 2.45) is 0 Å². The van der Waals surface area contributed by atoms with Crippen LogP contribution in [0.3, 0.4) is 0 Å². The van der Waals surface area contributed by atoms with Crippen molar-refractivity contribution >= 4 is 16.6 Å². The van der Waals surface area contributed by atoms with E-state index in [2.05, 4.69) is 26.9 Å². The summed E-state index contributed by atoms with van der Waals surface area (Å²) < 4.78 is 0. The van der Waals surface area contributed by atoms with Gasteiger partial charge in [0, 0.05) is 23.7 Å². The molecular formula is C12H16N4. The highest BCUT2D eigenvalue weighted by molar-refractivity contribution is 5.90. The van der Waals surface area contributed by atoms with E-state index in [4.69, 9.17) is 0 Å². The first-order valence-corrected chi connectivity index (χ1v) is 5.83. The van der Waals surface area contributed by atoms with Gasteiger partial charge in [0.25, 0.3) is 0 Å². The number of rotatable bonds is 3. The van der Waals surface area contributed by atoms with Crippen molar-refractivity contribution in [1.29, 1.82) is 0 Å². The SMILES string of the molecule is c1cc(NCC2CCCN2)c2cn[nH]c2c1. The van der Waals surface area contributed by atoms with E-state index in [1.807, 2.05) is 18.3 Å². The van der Waals surface area contributed by atoms with Crippen LogP contribution in [0, 0.1) is 0 Å². The van der Waals surface area contributed by atoms with Crippen molar-refractivity contribution in [2.45, 2.75) is 18.9 Å². The van der Waals surface area contributed by atoms with Gasteiger partial charge in [-0.15, -0.1) is 0 Å². The van der Waals surface area contributed by atoms with Crippen LogP contribution < -0.4 is 10.6 Å². The molecule has 3 N–H and O–H groups in total. The number of benzene rings is 1. The zero-order valence-electron chi connectivity index (χ0n) is 9.16. The average Bonchev–Trinajstić information content (AvgIpc) is 2.97. The number of nitrogens with one attached hydrogen (secondary N) is 3. The van der Waals surface area contributed by atoms with Crippen LogP contribution in [0.15, 0.2) is 24.4 Å². The summed E-state index contributed by atoms with van der Waals surface area (Å²) in [5, 5.41) is 15.2. The number of hydrogen-bond donors (Lipinski definition) is 3. The third-order valence-corrected chi connectivity index (χ3v) is 3.19. The molecule has 16 heavy (non-hydrogen) atoms. The maximum Gasteiger partial charge on any atom is 0.0671 e. The summed E-state index contributed by atoms with van der Waals surface area (Å²) in [4.78, 5) is 0. The summed E-state index contributed by atoms with van der Waals surface area (Å²) >= 11 is 0. The van der Waals surface area contributed by atoms with E-state index in [-0.39, 0.29) is 0 Å². The van der Waals surface area contributed by atoms with Gasteiger partial charge in [-0.25, -0.2) is 0 Å². The highest BCUT2D eigenvalue weighted by atomic mass is 15.1. The molecule has 4 heteroatoms. The van der Waals surface area contributed by atoms with E-state index in [0.29, 0.717) is 6.04 Å². The van der Waals surface area contributed by atoms with E-state index in [9.17, 15) is 0 Å². The topological polar surface area (TPSA) is 52.7 Å². The number of aromatic amines is 1. The van der Waals surface area contributed by atoms with Gasteiger partial charge in [0.1, 0.15) is 0 Å². The van der Waals surface area contributed by atoms with Gasteiger partial charge in [0.2, 0.25) is 0 Å². The molecule has 1 aliphatic heterocycles. The Bertz CT molecular complexity index is 471. The molecular weight excluding hydrogens is 200 g/mol. The Hall–Kier alpha value is -1.55. The monoisotopic (exact) mass is 216 g/mol. The summed E-state index contributed by atoms with van der Waals surface area (Å²) in [5.74, 6) is 0. The Morgan fingerprint density at radius 3 is 3.31 bits per heavy atom. The van der Waals surface area contributed by atoms with Gasteiger partial charge in [-0.05, 0) is 31.5 Å². The van der Waals surface area contributed by atoms with Gasteiger partial charge in [0.05, 0.1) is 11.7 Å². The number of hydrogen-bond acceptors (Lipinski definition) is 3. The fourth-order valence-electron chi connectivity index (χ4n) is 2.29. The number of H-pyrrole nitrogens is 1. The Morgan fingerprint density at radius 2 is 2.44 bits per heavy atom. The molecule has 2 heterocycles. The lowest BCUT2D eigenvalue weighted by molar-refractivity contribution is 0.634. The van der Waals surface area contributed by atoms with Crippen LogP contribution >= 0.6 is 0 Å². The normalized spacial score (nSPS) is 20.4. The molecule has 0 aliphatic carbocycles. The molecule has 2 aromatic rings. The molecule has 1 atom stereocenters. The summed E-state index contributed by atoms with van der Waals surface area (Å²) in [7, 11) is 0. The van der Waals surface area contributed by atoms with Gasteiger partial charge in [-0.2, -0.15) is 5.10 Å². The van der Waals surface area contributed by atoms with Crippen molar-refractivity contribution in [3.05, 3.63) is 24.4 Å². The smallest absolute Gasteiger partial charge is 0.0671 e. The molecule has 0 amide bonds. The maximum atomic E-state index is 4.06. The summed E-state index contributed by atoms with van der Waals surface area (Å²) in [6.45, 7) is 2.15. The number of fused-ring (bicyclic) bond motifs is 1. The van der Waals surface area contributed by atoms with Crippen LogP contribution in [0.2, 0.25) is 0 Å². The maximum absolute atomic E-state index is 4.06. The standard InChI is InChI=1S/C12H16N4/c1-4-11(10-8-15-16-12(10)5-1)14-7-9-3-2-6-13-9/h1,4-5,8-9,13-14H,2-3,6-7H2,(H,15,16). The van der Waals surface area contributed by atoms with Gasteiger partial charge in [-0.1, -0.05) is 6.07 Å². The fraction of sp³-hybridized carbons (Fsp3) is 0.417. The third kappa shape index (κ3) is 1.76. The van der Waals surface area contributed by atoms with Crippen molar-refractivity contribution in [1.82, 2.24) is 15.5 Å². The quantitative estimate of drug-likeness (QED) is 0.732. The van der Waals surface area contributed by atoms with Crippen molar-refractivity contribution < 1.29 is 0 Å². The van der Waals surface area contributed by atoms with Gasteiger partial charge in [0.15, 0.2) is 0 Å². The predicted molar refractivity (Wildman–Crippen MR) is 65.6 cm³/mol. The molecule has 4 nitrogen and oxygen atoms in total. The van der Waals surface area contributed by atoms with E-state index < -0.39 is 0 Å². The van der Waals surface area contributed by atoms with Crippen LogP contribution in [-0.4, -0.2) is 29.3 Å². The van der Waals surface area contributed by atoms with Crippen LogP contribution in [0.5, 0.6) is 0 Å². The van der Waals surface area contributed by atoms with Crippen LogP contribution in [0.1, 0.15) is 12.8 Å². The Balaban J connectivity index is 1.75. The van der Waals surface area contributed by atoms with Gasteiger partial charge < -0.3 is 10.6 Å². The molecule has 1 aromatic carbocycles. The molecule has 0 radical (unpaired) electrons. The molecule has 0 bridgehead atoms. The summed E-state index contributed by atoms with van der Waals surface area (Å²) in [5.41, 5.74) is 2.25. The fourth-order valence-corrected chi connectivity index (χ4v) is 2.29. The van der Waals surface area contributed by atoms with Gasteiger partial charge in [-0.3, -0.25) is 5.10 Å². The van der Waals surface area contributed by atoms with Crippen molar-refractivity contribution in [2.75, 3.05) is 18.4 Å². The van der Waals surface area contributed by atoms with E-state index in [1.54, 1.807) is 0 Å². The van der Waals surface area contributed by atoms with E-state index in [0.717, 1.165) is 18.6 Å². The third-order valence-electron chi connectivity index (χ3n) is 3.19. The van der Waals surface area contributed by atoms with Crippen LogP contribution in [0.4, 0.5) is 5.69 Å². The Kier molecular flexibility index (Phi) is 2.50. The number of aromatic nitrogens is 2. The molecule has 1 unspecified atom stereocenters. The molecule has 1 aliphatic rings. The lowest BCUT2D eigenvalue weighted by Gasteiger charge is -2.13. The second-order valence-electron chi connectivity index (χ2n) is 4.31.